The zero-order chi connectivity index (χ0) is 18.5. The number of hydrogen-bond acceptors (Lipinski definition) is 5. The molecule has 0 bridgehead atoms. The summed E-state index contributed by atoms with van der Waals surface area (Å²) >= 11 is 0. The van der Waals surface area contributed by atoms with Gasteiger partial charge >= 0.3 is 0 Å². The predicted octanol–water partition coefficient (Wildman–Crippen LogP) is 4.10. The maximum Gasteiger partial charge on any atom is 0.276 e. The minimum Gasteiger partial charge on any atom is -0.497 e. The lowest BCUT2D eigenvalue weighted by atomic mass is 10.1. The van der Waals surface area contributed by atoms with Crippen molar-refractivity contribution in [3.63, 3.8) is 0 Å². The van der Waals surface area contributed by atoms with Gasteiger partial charge < -0.3 is 15.4 Å². The van der Waals surface area contributed by atoms with Crippen molar-refractivity contribution in [2.75, 3.05) is 17.7 Å². The summed E-state index contributed by atoms with van der Waals surface area (Å²) in [5, 5.41) is 14.1. The molecule has 0 aliphatic heterocycles. The van der Waals surface area contributed by atoms with Crippen LogP contribution in [0.15, 0.2) is 54.6 Å². The van der Waals surface area contributed by atoms with E-state index < -0.39 is 0 Å². The summed E-state index contributed by atoms with van der Waals surface area (Å²) in [5.74, 6) is 0.989. The molecular formula is C20H20N4O2. The number of carbonyl (C=O) groups is 1. The average molecular weight is 348 g/mol. The molecule has 0 unspecified atom stereocenters. The van der Waals surface area contributed by atoms with Crippen LogP contribution in [0.4, 0.5) is 17.2 Å². The third-order valence-corrected chi connectivity index (χ3v) is 3.89. The Hall–Kier alpha value is -3.41. The second-order valence-electron chi connectivity index (χ2n) is 5.93. The lowest BCUT2D eigenvalue weighted by Crippen LogP contribution is -2.14. The molecule has 1 aromatic heterocycles. The Bertz CT molecular complexity index is 906. The molecule has 6 heteroatoms. The molecule has 0 radical (unpaired) electrons. The topological polar surface area (TPSA) is 76.1 Å². The van der Waals surface area contributed by atoms with Crippen LogP contribution in [0.3, 0.4) is 0 Å². The SMILES string of the molecule is COc1ccc(NC(=O)c2ccc(Nc3ccc(C)cc3C)nn2)cc1. The molecule has 0 fully saturated rings. The van der Waals surface area contributed by atoms with Crippen LogP contribution in [0.2, 0.25) is 0 Å². The maximum absolute atomic E-state index is 12.3. The molecule has 0 aliphatic carbocycles. The second kappa shape index (κ2) is 7.65. The average Bonchev–Trinajstić information content (AvgIpc) is 2.65. The number of methoxy groups -OCH3 is 1. The lowest BCUT2D eigenvalue weighted by molar-refractivity contribution is 0.102. The van der Waals surface area contributed by atoms with Gasteiger partial charge in [-0.15, -0.1) is 10.2 Å². The molecule has 26 heavy (non-hydrogen) atoms. The summed E-state index contributed by atoms with van der Waals surface area (Å²) in [6.07, 6.45) is 0. The highest BCUT2D eigenvalue weighted by atomic mass is 16.5. The predicted molar refractivity (Wildman–Crippen MR) is 102 cm³/mol. The Morgan fingerprint density at radius 3 is 2.35 bits per heavy atom. The highest BCUT2D eigenvalue weighted by molar-refractivity contribution is 6.02. The summed E-state index contributed by atoms with van der Waals surface area (Å²) in [6.45, 7) is 4.08. The van der Waals surface area contributed by atoms with Crippen LogP contribution in [-0.2, 0) is 0 Å². The summed E-state index contributed by atoms with van der Waals surface area (Å²) < 4.78 is 5.09. The van der Waals surface area contributed by atoms with E-state index in [1.807, 2.05) is 26.0 Å². The van der Waals surface area contributed by atoms with Crippen LogP contribution in [-0.4, -0.2) is 23.2 Å². The Morgan fingerprint density at radius 2 is 1.73 bits per heavy atom. The zero-order valence-electron chi connectivity index (χ0n) is 14.9. The van der Waals surface area contributed by atoms with Gasteiger partial charge in [0.05, 0.1) is 7.11 Å². The van der Waals surface area contributed by atoms with E-state index in [2.05, 4.69) is 26.9 Å². The molecule has 0 saturated carbocycles. The fourth-order valence-electron chi connectivity index (χ4n) is 2.48. The molecule has 0 spiro atoms. The number of hydrogen-bond donors (Lipinski definition) is 2. The van der Waals surface area contributed by atoms with Gasteiger partial charge in [-0.1, -0.05) is 17.7 Å². The lowest BCUT2D eigenvalue weighted by Gasteiger charge is -2.09. The fourth-order valence-corrected chi connectivity index (χ4v) is 2.48. The molecule has 0 aliphatic rings. The van der Waals surface area contributed by atoms with E-state index in [4.69, 9.17) is 4.74 Å². The normalized spacial score (nSPS) is 10.3. The van der Waals surface area contributed by atoms with Gasteiger partial charge in [-0.05, 0) is 61.9 Å². The van der Waals surface area contributed by atoms with Crippen LogP contribution in [0.5, 0.6) is 5.75 Å². The van der Waals surface area contributed by atoms with E-state index in [1.165, 1.54) is 5.56 Å². The summed E-state index contributed by atoms with van der Waals surface area (Å²) in [7, 11) is 1.59. The Morgan fingerprint density at radius 1 is 0.962 bits per heavy atom. The van der Waals surface area contributed by atoms with Crippen molar-refractivity contribution in [3.8, 4) is 5.75 Å². The van der Waals surface area contributed by atoms with Crippen LogP contribution < -0.4 is 15.4 Å². The van der Waals surface area contributed by atoms with Gasteiger partial charge in [-0.3, -0.25) is 4.79 Å². The van der Waals surface area contributed by atoms with E-state index in [0.29, 0.717) is 11.5 Å². The van der Waals surface area contributed by atoms with E-state index in [1.54, 1.807) is 43.5 Å². The first-order valence-corrected chi connectivity index (χ1v) is 8.18. The van der Waals surface area contributed by atoms with Gasteiger partial charge in [0.1, 0.15) is 5.75 Å². The van der Waals surface area contributed by atoms with Crippen molar-refractivity contribution < 1.29 is 9.53 Å². The highest BCUT2D eigenvalue weighted by Gasteiger charge is 2.09. The van der Waals surface area contributed by atoms with Crippen LogP contribution in [0.25, 0.3) is 0 Å². The first-order valence-electron chi connectivity index (χ1n) is 8.18. The van der Waals surface area contributed by atoms with E-state index in [0.717, 1.165) is 17.0 Å². The number of rotatable bonds is 5. The number of ether oxygens (including phenoxy) is 1. The highest BCUT2D eigenvalue weighted by Crippen LogP contribution is 2.20. The molecular weight excluding hydrogens is 328 g/mol. The molecule has 0 atom stereocenters. The Kier molecular flexibility index (Phi) is 5.12. The number of nitrogens with one attached hydrogen (secondary N) is 2. The van der Waals surface area contributed by atoms with Crippen LogP contribution in [0.1, 0.15) is 21.6 Å². The van der Waals surface area contributed by atoms with Crippen LogP contribution >= 0.6 is 0 Å². The Labute approximate surface area is 152 Å². The van der Waals surface area contributed by atoms with Gasteiger partial charge in [0, 0.05) is 11.4 Å². The molecule has 132 valence electrons. The van der Waals surface area contributed by atoms with E-state index in [-0.39, 0.29) is 11.6 Å². The van der Waals surface area contributed by atoms with Crippen molar-refractivity contribution >= 4 is 23.1 Å². The van der Waals surface area contributed by atoms with Crippen LogP contribution in [0, 0.1) is 13.8 Å². The molecule has 3 rings (SSSR count). The third kappa shape index (κ3) is 4.16. The number of benzene rings is 2. The van der Waals surface area contributed by atoms with Crippen molar-refractivity contribution in [2.24, 2.45) is 0 Å². The largest absolute Gasteiger partial charge is 0.497 e. The number of aromatic nitrogens is 2. The number of nitrogens with zero attached hydrogens (tertiary/aromatic N) is 2. The molecule has 2 N–H and O–H groups in total. The molecule has 1 heterocycles. The van der Waals surface area contributed by atoms with Gasteiger partial charge in [-0.25, -0.2) is 0 Å². The quantitative estimate of drug-likeness (QED) is 0.726. The summed E-state index contributed by atoms with van der Waals surface area (Å²) in [4.78, 5) is 12.3. The minimum atomic E-state index is -0.319. The number of amides is 1. The first-order chi connectivity index (χ1) is 12.5. The standard InChI is InChI=1S/C20H20N4O2/c1-13-4-9-17(14(2)12-13)22-19-11-10-18(23-24-19)20(25)21-15-5-7-16(26-3)8-6-15/h4-12H,1-3H3,(H,21,25)(H,22,24). The fraction of sp³-hybridized carbons (Fsp3) is 0.150. The smallest absolute Gasteiger partial charge is 0.276 e. The monoisotopic (exact) mass is 348 g/mol. The van der Waals surface area contributed by atoms with Crippen molar-refractivity contribution in [3.05, 3.63) is 71.4 Å². The summed E-state index contributed by atoms with van der Waals surface area (Å²) in [6, 6.07) is 16.6. The number of carbonyl (C=O) groups excluding carboxylic acids is 1. The van der Waals surface area contributed by atoms with Gasteiger partial charge in [0.2, 0.25) is 0 Å². The molecule has 6 nitrogen and oxygen atoms in total. The first kappa shape index (κ1) is 17.4. The number of aryl methyl sites for hydroxylation is 2. The van der Waals surface area contributed by atoms with E-state index >= 15 is 0 Å². The van der Waals surface area contributed by atoms with Crippen molar-refractivity contribution in [1.29, 1.82) is 0 Å². The molecule has 1 amide bonds. The molecule has 2 aromatic carbocycles. The van der Waals surface area contributed by atoms with E-state index in [9.17, 15) is 4.79 Å². The molecule has 3 aromatic rings. The maximum atomic E-state index is 12.3. The van der Waals surface area contributed by atoms with Crippen molar-refractivity contribution in [2.45, 2.75) is 13.8 Å². The van der Waals surface area contributed by atoms with Gasteiger partial charge in [0.15, 0.2) is 11.5 Å². The van der Waals surface area contributed by atoms with Crippen molar-refractivity contribution in [1.82, 2.24) is 10.2 Å². The minimum absolute atomic E-state index is 0.243. The Balaban J connectivity index is 1.67. The van der Waals surface area contributed by atoms with Gasteiger partial charge in [0.25, 0.3) is 5.91 Å². The second-order valence-corrected chi connectivity index (χ2v) is 5.93. The third-order valence-electron chi connectivity index (χ3n) is 3.89. The molecule has 0 saturated heterocycles. The van der Waals surface area contributed by atoms with Gasteiger partial charge in [-0.2, -0.15) is 0 Å². The number of anilines is 3. The summed E-state index contributed by atoms with van der Waals surface area (Å²) in [5.41, 5.74) is 4.18. The zero-order valence-corrected chi connectivity index (χ0v) is 14.9.